The molecule has 0 atom stereocenters. The van der Waals surface area contributed by atoms with Crippen LogP contribution in [-0.2, 0) is 6.54 Å². The molecule has 0 unspecified atom stereocenters. The number of rotatable bonds is 9. The summed E-state index contributed by atoms with van der Waals surface area (Å²) in [7, 11) is 1.67. The highest BCUT2D eigenvalue weighted by Crippen LogP contribution is 2.33. The second kappa shape index (κ2) is 10.7. The van der Waals surface area contributed by atoms with Gasteiger partial charge in [-0.05, 0) is 31.9 Å². The van der Waals surface area contributed by atoms with Crippen LogP contribution in [0.5, 0.6) is 5.75 Å². The molecule has 1 fully saturated rings. The van der Waals surface area contributed by atoms with Crippen molar-refractivity contribution < 1.29 is 9.53 Å². The van der Waals surface area contributed by atoms with E-state index in [4.69, 9.17) is 4.74 Å². The van der Waals surface area contributed by atoms with Crippen LogP contribution in [0, 0.1) is 6.92 Å². The minimum atomic E-state index is 0.115. The highest BCUT2D eigenvalue weighted by atomic mass is 32.2. The molecule has 1 N–H and O–H groups in total. The van der Waals surface area contributed by atoms with Gasteiger partial charge in [0.15, 0.2) is 16.8 Å². The summed E-state index contributed by atoms with van der Waals surface area (Å²) in [6.45, 7) is 2.60. The molecule has 32 heavy (non-hydrogen) atoms. The zero-order valence-corrected chi connectivity index (χ0v) is 19.5. The van der Waals surface area contributed by atoms with Crippen LogP contribution in [-0.4, -0.2) is 33.4 Å². The largest absolute Gasteiger partial charge is 0.497 e. The van der Waals surface area contributed by atoms with Gasteiger partial charge in [-0.15, -0.1) is 10.2 Å². The molecule has 3 aromatic rings. The van der Waals surface area contributed by atoms with Gasteiger partial charge in [0.1, 0.15) is 5.75 Å². The van der Waals surface area contributed by atoms with E-state index in [9.17, 15) is 4.79 Å². The maximum absolute atomic E-state index is 12.7. The minimum absolute atomic E-state index is 0.115. The van der Waals surface area contributed by atoms with E-state index in [0.717, 1.165) is 46.4 Å². The third-order valence-corrected chi connectivity index (χ3v) is 6.84. The van der Waals surface area contributed by atoms with Crippen LogP contribution in [0.15, 0.2) is 53.7 Å². The van der Waals surface area contributed by atoms with E-state index < -0.39 is 0 Å². The van der Waals surface area contributed by atoms with E-state index in [2.05, 4.69) is 20.1 Å². The molecule has 2 aromatic carbocycles. The predicted molar refractivity (Wildman–Crippen MR) is 129 cm³/mol. The molecule has 1 aromatic heterocycles. The molecule has 1 saturated carbocycles. The second-order valence-corrected chi connectivity index (χ2v) is 9.17. The number of methoxy groups -OCH3 is 1. The molecular weight excluding hydrogens is 420 g/mol. The molecule has 1 heterocycles. The zero-order valence-electron chi connectivity index (χ0n) is 18.7. The Kier molecular flexibility index (Phi) is 7.47. The first-order valence-electron chi connectivity index (χ1n) is 11.2. The van der Waals surface area contributed by atoms with Gasteiger partial charge in [0.25, 0.3) is 0 Å². The lowest BCUT2D eigenvalue weighted by molar-refractivity contribution is 0.102. The van der Waals surface area contributed by atoms with E-state index in [-0.39, 0.29) is 5.78 Å². The lowest BCUT2D eigenvalue weighted by Crippen LogP contribution is -2.18. The van der Waals surface area contributed by atoms with Crippen LogP contribution >= 0.6 is 11.8 Å². The Balaban J connectivity index is 1.49. The summed E-state index contributed by atoms with van der Waals surface area (Å²) in [4.78, 5) is 12.7. The summed E-state index contributed by atoms with van der Waals surface area (Å²) in [6, 6.07) is 16.0. The standard InChI is InChI=1S/C25H30N4O2S/c1-18-11-13-19(14-12-18)23(30)17-32-25-28-27-24(29(25)21-8-4-3-5-9-21)16-26-20-7-6-10-22(15-20)31-2/h6-7,10-15,21,26H,3-5,8-9,16-17H2,1-2H3. The first-order chi connectivity index (χ1) is 15.6. The highest BCUT2D eigenvalue weighted by Gasteiger charge is 2.23. The molecule has 168 valence electrons. The number of aromatic nitrogens is 3. The summed E-state index contributed by atoms with van der Waals surface area (Å²) in [5.41, 5.74) is 2.87. The molecule has 0 bridgehead atoms. The van der Waals surface area contributed by atoms with Crippen molar-refractivity contribution in [2.45, 2.75) is 56.8 Å². The van der Waals surface area contributed by atoms with Crippen LogP contribution in [0.1, 0.15) is 59.9 Å². The molecule has 4 rings (SSSR count). The number of anilines is 1. The number of aryl methyl sites for hydroxylation is 1. The monoisotopic (exact) mass is 450 g/mol. The number of carbonyl (C=O) groups is 1. The number of thioether (sulfide) groups is 1. The number of ether oxygens (including phenoxy) is 1. The van der Waals surface area contributed by atoms with Crippen molar-refractivity contribution in [3.8, 4) is 5.75 Å². The molecule has 1 aliphatic rings. The van der Waals surface area contributed by atoms with Gasteiger partial charge in [-0.1, -0.05) is 66.9 Å². The Morgan fingerprint density at radius 1 is 1.12 bits per heavy atom. The number of ketones is 1. The van der Waals surface area contributed by atoms with Gasteiger partial charge in [0.05, 0.1) is 19.4 Å². The van der Waals surface area contributed by atoms with Crippen molar-refractivity contribution in [2.24, 2.45) is 0 Å². The Morgan fingerprint density at radius 3 is 2.66 bits per heavy atom. The van der Waals surface area contributed by atoms with Crippen LogP contribution in [0.2, 0.25) is 0 Å². The van der Waals surface area contributed by atoms with Crippen molar-refractivity contribution in [3.05, 3.63) is 65.5 Å². The van der Waals surface area contributed by atoms with Gasteiger partial charge in [0.2, 0.25) is 0 Å². The number of hydrogen-bond acceptors (Lipinski definition) is 6. The summed E-state index contributed by atoms with van der Waals surface area (Å²) >= 11 is 1.49. The quantitative estimate of drug-likeness (QED) is 0.334. The Bertz CT molecular complexity index is 1040. The maximum atomic E-state index is 12.7. The SMILES string of the molecule is COc1cccc(NCc2nnc(SCC(=O)c3ccc(C)cc3)n2C2CCCCC2)c1. The van der Waals surface area contributed by atoms with Crippen molar-refractivity contribution in [1.82, 2.24) is 14.8 Å². The van der Waals surface area contributed by atoms with E-state index in [0.29, 0.717) is 18.3 Å². The molecule has 7 heteroatoms. The van der Waals surface area contributed by atoms with E-state index in [1.54, 1.807) is 7.11 Å². The first-order valence-corrected chi connectivity index (χ1v) is 12.2. The Labute approximate surface area is 193 Å². The number of nitrogens with one attached hydrogen (secondary N) is 1. The summed E-state index contributed by atoms with van der Waals surface area (Å²) < 4.78 is 7.58. The van der Waals surface area contributed by atoms with Gasteiger partial charge in [-0.2, -0.15) is 0 Å². The van der Waals surface area contributed by atoms with Crippen molar-refractivity contribution >= 4 is 23.2 Å². The molecule has 0 aliphatic heterocycles. The van der Waals surface area contributed by atoms with E-state index in [1.165, 1.54) is 31.0 Å². The summed E-state index contributed by atoms with van der Waals surface area (Å²) in [5.74, 6) is 2.20. The molecule has 6 nitrogen and oxygen atoms in total. The lowest BCUT2D eigenvalue weighted by Gasteiger charge is -2.25. The Hall–Kier alpha value is -2.80. The molecule has 0 radical (unpaired) electrons. The third kappa shape index (κ3) is 5.51. The zero-order chi connectivity index (χ0) is 22.3. The first kappa shape index (κ1) is 22.4. The fourth-order valence-electron chi connectivity index (χ4n) is 4.10. The van der Waals surface area contributed by atoms with Crippen LogP contribution in [0.3, 0.4) is 0 Å². The number of Topliss-reactive ketones (excluding diaryl/α,β-unsaturated/α-hetero) is 1. The van der Waals surface area contributed by atoms with Crippen LogP contribution < -0.4 is 10.1 Å². The fourth-order valence-corrected chi connectivity index (χ4v) is 5.02. The maximum Gasteiger partial charge on any atom is 0.191 e. The summed E-state index contributed by atoms with van der Waals surface area (Å²) in [5, 5.41) is 13.3. The molecule has 0 spiro atoms. The summed E-state index contributed by atoms with van der Waals surface area (Å²) in [6.07, 6.45) is 5.98. The van der Waals surface area contributed by atoms with Gasteiger partial charge in [-0.25, -0.2) is 0 Å². The minimum Gasteiger partial charge on any atom is -0.497 e. The lowest BCUT2D eigenvalue weighted by atomic mass is 9.95. The van der Waals surface area contributed by atoms with Crippen molar-refractivity contribution in [3.63, 3.8) is 0 Å². The van der Waals surface area contributed by atoms with Gasteiger partial charge < -0.3 is 14.6 Å². The Morgan fingerprint density at radius 2 is 1.91 bits per heavy atom. The molecule has 0 amide bonds. The average Bonchev–Trinajstić information content (AvgIpc) is 3.25. The number of benzene rings is 2. The van der Waals surface area contributed by atoms with Gasteiger partial charge in [-0.3, -0.25) is 4.79 Å². The number of carbonyl (C=O) groups excluding carboxylic acids is 1. The van der Waals surface area contributed by atoms with Gasteiger partial charge in [0, 0.05) is 23.4 Å². The predicted octanol–water partition coefficient (Wildman–Crippen LogP) is 5.69. The second-order valence-electron chi connectivity index (χ2n) is 8.22. The number of nitrogens with zero attached hydrogens (tertiary/aromatic N) is 3. The van der Waals surface area contributed by atoms with Crippen molar-refractivity contribution in [2.75, 3.05) is 18.2 Å². The molecule has 0 saturated heterocycles. The topological polar surface area (TPSA) is 69.0 Å². The van der Waals surface area contributed by atoms with Crippen LogP contribution in [0.25, 0.3) is 0 Å². The number of hydrogen-bond donors (Lipinski definition) is 1. The molecular formula is C25H30N4O2S. The smallest absolute Gasteiger partial charge is 0.191 e. The van der Waals surface area contributed by atoms with Gasteiger partial charge >= 0.3 is 0 Å². The van der Waals surface area contributed by atoms with E-state index in [1.807, 2.05) is 55.5 Å². The van der Waals surface area contributed by atoms with E-state index >= 15 is 0 Å². The normalized spacial score (nSPS) is 14.3. The fraction of sp³-hybridized carbons (Fsp3) is 0.400. The average molecular weight is 451 g/mol. The van der Waals surface area contributed by atoms with Crippen LogP contribution in [0.4, 0.5) is 5.69 Å². The third-order valence-electron chi connectivity index (χ3n) is 5.90. The molecule has 1 aliphatic carbocycles. The van der Waals surface area contributed by atoms with Crippen molar-refractivity contribution in [1.29, 1.82) is 0 Å². The highest BCUT2D eigenvalue weighted by molar-refractivity contribution is 7.99.